The number of hydrogen-bond acceptors (Lipinski definition) is 5. The molecule has 0 atom stereocenters. The summed E-state index contributed by atoms with van der Waals surface area (Å²) in [5.74, 6) is 0.603. The van der Waals surface area contributed by atoms with Crippen LogP contribution in [0.5, 0.6) is 5.75 Å². The average Bonchev–Trinajstić information content (AvgIpc) is 2.83. The van der Waals surface area contributed by atoms with E-state index in [9.17, 15) is 4.79 Å². The number of anilines is 2. The van der Waals surface area contributed by atoms with Crippen molar-refractivity contribution in [2.75, 3.05) is 23.8 Å². The molecule has 18 heavy (non-hydrogen) atoms. The number of nitrogens with two attached hydrogens (primary N) is 1. The van der Waals surface area contributed by atoms with E-state index >= 15 is 0 Å². The number of rotatable bonds is 1. The highest BCUT2D eigenvalue weighted by Gasteiger charge is 2.26. The van der Waals surface area contributed by atoms with Crippen molar-refractivity contribution >= 4 is 28.8 Å². The SMILES string of the molecule is Nc1cnsc1C(=O)N1CCOc2ccccc21. The van der Waals surface area contributed by atoms with Crippen molar-refractivity contribution in [2.45, 2.75) is 0 Å². The van der Waals surface area contributed by atoms with Crippen LogP contribution in [0, 0.1) is 0 Å². The zero-order valence-electron chi connectivity index (χ0n) is 9.50. The average molecular weight is 261 g/mol. The van der Waals surface area contributed by atoms with Crippen molar-refractivity contribution in [3.63, 3.8) is 0 Å². The molecule has 1 amide bonds. The first-order chi connectivity index (χ1) is 8.77. The van der Waals surface area contributed by atoms with Crippen LogP contribution in [0.15, 0.2) is 30.5 Å². The van der Waals surface area contributed by atoms with Gasteiger partial charge in [-0.1, -0.05) is 12.1 Å². The second-order valence-corrected chi connectivity index (χ2v) is 4.68. The predicted molar refractivity (Wildman–Crippen MR) is 70.1 cm³/mol. The molecule has 0 fully saturated rings. The second kappa shape index (κ2) is 4.30. The molecule has 0 radical (unpaired) electrons. The van der Waals surface area contributed by atoms with Crippen LogP contribution in [0.4, 0.5) is 11.4 Å². The normalized spacial score (nSPS) is 13.9. The minimum Gasteiger partial charge on any atom is -0.490 e. The van der Waals surface area contributed by atoms with E-state index in [1.165, 1.54) is 6.20 Å². The maximum absolute atomic E-state index is 12.4. The number of carbonyl (C=O) groups is 1. The smallest absolute Gasteiger partial charge is 0.272 e. The molecule has 2 heterocycles. The first-order valence-corrected chi connectivity index (χ1v) is 6.28. The predicted octanol–water partition coefficient (Wildman–Crippen LogP) is 1.76. The van der Waals surface area contributed by atoms with Crippen molar-refractivity contribution < 1.29 is 9.53 Å². The summed E-state index contributed by atoms with van der Waals surface area (Å²) in [7, 11) is 0. The molecular formula is C12H11N3O2S. The number of nitrogen functional groups attached to an aromatic ring is 1. The molecule has 3 rings (SSSR count). The molecule has 5 nitrogen and oxygen atoms in total. The topological polar surface area (TPSA) is 68.5 Å². The molecule has 0 unspecified atom stereocenters. The fraction of sp³-hybridized carbons (Fsp3) is 0.167. The van der Waals surface area contributed by atoms with E-state index in [0.29, 0.717) is 23.7 Å². The van der Waals surface area contributed by atoms with Crippen LogP contribution >= 0.6 is 11.5 Å². The van der Waals surface area contributed by atoms with Gasteiger partial charge in [-0.05, 0) is 23.7 Å². The Morgan fingerprint density at radius 1 is 1.44 bits per heavy atom. The number of nitrogens with zero attached hydrogens (tertiary/aromatic N) is 2. The number of aromatic nitrogens is 1. The van der Waals surface area contributed by atoms with Gasteiger partial charge in [-0.15, -0.1) is 0 Å². The lowest BCUT2D eigenvalue weighted by Gasteiger charge is -2.29. The Morgan fingerprint density at radius 3 is 3.06 bits per heavy atom. The van der Waals surface area contributed by atoms with E-state index in [4.69, 9.17) is 10.5 Å². The van der Waals surface area contributed by atoms with Crippen LogP contribution < -0.4 is 15.4 Å². The maximum atomic E-state index is 12.4. The van der Waals surface area contributed by atoms with E-state index in [2.05, 4.69) is 4.37 Å². The largest absolute Gasteiger partial charge is 0.490 e. The lowest BCUT2D eigenvalue weighted by molar-refractivity contribution is 0.0981. The minimum atomic E-state index is -0.120. The summed E-state index contributed by atoms with van der Waals surface area (Å²) in [6.07, 6.45) is 1.50. The number of ether oxygens (including phenoxy) is 1. The van der Waals surface area contributed by atoms with Crippen LogP contribution in [0.1, 0.15) is 9.67 Å². The summed E-state index contributed by atoms with van der Waals surface area (Å²) in [5.41, 5.74) is 6.94. The number of para-hydroxylation sites is 2. The first kappa shape index (κ1) is 11.0. The molecule has 1 aliphatic rings. The molecule has 0 aliphatic carbocycles. The summed E-state index contributed by atoms with van der Waals surface area (Å²) in [6.45, 7) is 1.01. The third kappa shape index (κ3) is 1.70. The lowest BCUT2D eigenvalue weighted by Crippen LogP contribution is -2.37. The summed E-state index contributed by atoms with van der Waals surface area (Å²) in [6, 6.07) is 7.48. The molecule has 0 saturated carbocycles. The van der Waals surface area contributed by atoms with E-state index in [0.717, 1.165) is 23.0 Å². The van der Waals surface area contributed by atoms with Crippen LogP contribution in [0.3, 0.4) is 0 Å². The Bertz CT molecular complexity index is 597. The number of hydrogen-bond donors (Lipinski definition) is 1. The van der Waals surface area contributed by atoms with Gasteiger partial charge in [-0.2, -0.15) is 4.37 Å². The zero-order chi connectivity index (χ0) is 12.5. The van der Waals surface area contributed by atoms with Crippen molar-refractivity contribution in [3.8, 4) is 5.75 Å². The Labute approximate surface area is 108 Å². The molecule has 0 saturated heterocycles. The second-order valence-electron chi connectivity index (χ2n) is 3.88. The van der Waals surface area contributed by atoms with E-state index in [-0.39, 0.29) is 5.91 Å². The molecule has 1 aliphatic heterocycles. The van der Waals surface area contributed by atoms with Crippen LogP contribution in [-0.2, 0) is 0 Å². The first-order valence-electron chi connectivity index (χ1n) is 5.51. The van der Waals surface area contributed by atoms with Crippen LogP contribution in [-0.4, -0.2) is 23.4 Å². The van der Waals surface area contributed by atoms with Crippen molar-refractivity contribution in [3.05, 3.63) is 35.3 Å². The van der Waals surface area contributed by atoms with Crippen molar-refractivity contribution in [1.29, 1.82) is 0 Å². The molecule has 0 bridgehead atoms. The Balaban J connectivity index is 2.00. The number of carbonyl (C=O) groups excluding carboxylic acids is 1. The molecule has 1 aromatic carbocycles. The van der Waals surface area contributed by atoms with E-state index in [1.54, 1.807) is 4.90 Å². The van der Waals surface area contributed by atoms with E-state index < -0.39 is 0 Å². The molecule has 6 heteroatoms. The van der Waals surface area contributed by atoms with Gasteiger partial charge in [0.2, 0.25) is 0 Å². The van der Waals surface area contributed by atoms with Gasteiger partial charge in [0.05, 0.1) is 24.1 Å². The highest BCUT2D eigenvalue weighted by molar-refractivity contribution is 7.08. The third-order valence-corrected chi connectivity index (χ3v) is 3.57. The highest BCUT2D eigenvalue weighted by atomic mass is 32.1. The summed E-state index contributed by atoms with van der Waals surface area (Å²) < 4.78 is 9.45. The Morgan fingerprint density at radius 2 is 2.28 bits per heavy atom. The van der Waals surface area contributed by atoms with Gasteiger partial charge in [0.1, 0.15) is 17.2 Å². The van der Waals surface area contributed by atoms with Gasteiger partial charge in [0.15, 0.2) is 0 Å². The molecule has 92 valence electrons. The van der Waals surface area contributed by atoms with Crippen LogP contribution in [0.2, 0.25) is 0 Å². The Kier molecular flexibility index (Phi) is 2.64. The Hall–Kier alpha value is -2.08. The van der Waals surface area contributed by atoms with Gasteiger partial charge in [0, 0.05) is 0 Å². The fourth-order valence-corrected chi connectivity index (χ4v) is 2.53. The standard InChI is InChI=1S/C12H11N3O2S/c13-8-7-14-18-11(8)12(16)15-5-6-17-10-4-2-1-3-9(10)15/h1-4,7H,5-6,13H2. The van der Waals surface area contributed by atoms with Gasteiger partial charge in [-0.3, -0.25) is 4.79 Å². The summed E-state index contributed by atoms with van der Waals surface area (Å²) >= 11 is 1.12. The van der Waals surface area contributed by atoms with Crippen molar-refractivity contribution in [2.24, 2.45) is 0 Å². The highest BCUT2D eigenvalue weighted by Crippen LogP contribution is 2.33. The summed E-state index contributed by atoms with van der Waals surface area (Å²) in [5, 5.41) is 0. The lowest BCUT2D eigenvalue weighted by atomic mass is 10.2. The third-order valence-electron chi connectivity index (χ3n) is 2.77. The molecular weight excluding hydrogens is 250 g/mol. The van der Waals surface area contributed by atoms with Gasteiger partial charge in [-0.25, -0.2) is 0 Å². The van der Waals surface area contributed by atoms with Crippen molar-refractivity contribution in [1.82, 2.24) is 4.37 Å². The molecule has 2 aromatic rings. The number of amides is 1. The maximum Gasteiger partial charge on any atom is 0.272 e. The number of benzene rings is 1. The van der Waals surface area contributed by atoms with Gasteiger partial charge in [0.25, 0.3) is 5.91 Å². The summed E-state index contributed by atoms with van der Waals surface area (Å²) in [4.78, 5) is 14.6. The molecule has 2 N–H and O–H groups in total. The van der Waals surface area contributed by atoms with Gasteiger partial charge < -0.3 is 15.4 Å². The minimum absolute atomic E-state index is 0.120. The van der Waals surface area contributed by atoms with Crippen LogP contribution in [0.25, 0.3) is 0 Å². The monoisotopic (exact) mass is 261 g/mol. The van der Waals surface area contributed by atoms with Gasteiger partial charge >= 0.3 is 0 Å². The molecule has 0 spiro atoms. The number of fused-ring (bicyclic) bond motifs is 1. The molecule has 1 aromatic heterocycles. The fourth-order valence-electron chi connectivity index (χ4n) is 1.91. The quantitative estimate of drug-likeness (QED) is 0.849. The zero-order valence-corrected chi connectivity index (χ0v) is 10.3. The van der Waals surface area contributed by atoms with E-state index in [1.807, 2.05) is 24.3 Å².